The molecule has 0 rings (SSSR count). The molecule has 4 nitrogen and oxygen atoms in total. The quantitative estimate of drug-likeness (QED) is 0.356. The van der Waals surface area contributed by atoms with E-state index in [1.165, 1.54) is 0 Å². The first-order valence-electron chi connectivity index (χ1n) is 4.67. The second-order valence-electron chi connectivity index (χ2n) is 2.72. The van der Waals surface area contributed by atoms with Gasteiger partial charge in [-0.05, 0) is 20.8 Å². The highest BCUT2D eigenvalue weighted by Crippen LogP contribution is 1.99. The Hall–Kier alpha value is -0.870. The van der Waals surface area contributed by atoms with Gasteiger partial charge in [0.05, 0.1) is 0 Å². The molecule has 14 heavy (non-hydrogen) atoms. The highest BCUT2D eigenvalue weighted by atomic mass is 16.7. The van der Waals surface area contributed by atoms with Crippen molar-refractivity contribution in [2.75, 3.05) is 19.8 Å². The topological polar surface area (TPSA) is 44.8 Å². The summed E-state index contributed by atoms with van der Waals surface area (Å²) in [4.78, 5) is 11.0. The Morgan fingerprint density at radius 3 is 2.14 bits per heavy atom. The molecule has 0 spiro atoms. The lowest BCUT2D eigenvalue weighted by molar-refractivity contribution is -0.176. The molecule has 0 N–H and O–H groups in total. The van der Waals surface area contributed by atoms with Crippen molar-refractivity contribution in [2.24, 2.45) is 0 Å². The minimum atomic E-state index is -0.478. The van der Waals surface area contributed by atoms with Gasteiger partial charge in [0.2, 0.25) is 0 Å². The maximum Gasteiger partial charge on any atom is 0.333 e. The number of carbonyl (C=O) groups excluding carboxylic acids is 1. The highest BCUT2D eigenvalue weighted by Gasteiger charge is 2.11. The summed E-state index contributed by atoms with van der Waals surface area (Å²) in [6.07, 6.45) is -0.478. The molecule has 0 heterocycles. The fourth-order valence-corrected chi connectivity index (χ4v) is 0.783. The Balaban J connectivity index is 3.80. The lowest BCUT2D eigenvalue weighted by Gasteiger charge is -2.16. The van der Waals surface area contributed by atoms with Gasteiger partial charge in [-0.15, -0.1) is 0 Å². The normalized spacial score (nSPS) is 10.3. The van der Waals surface area contributed by atoms with Crippen LogP contribution in [0.25, 0.3) is 0 Å². The maximum atomic E-state index is 11.0. The van der Waals surface area contributed by atoms with E-state index >= 15 is 0 Å². The molecule has 0 aliphatic carbocycles. The Morgan fingerprint density at radius 2 is 1.79 bits per heavy atom. The van der Waals surface area contributed by atoms with E-state index in [9.17, 15) is 4.79 Å². The molecule has 82 valence electrons. The van der Waals surface area contributed by atoms with Gasteiger partial charge in [-0.1, -0.05) is 6.58 Å². The SMILES string of the molecule is C=C(C)C(=O)OCC(OCC)OCC. The van der Waals surface area contributed by atoms with Crippen LogP contribution in [-0.4, -0.2) is 32.1 Å². The Kier molecular flexibility index (Phi) is 7.06. The van der Waals surface area contributed by atoms with Crippen LogP contribution in [0.1, 0.15) is 20.8 Å². The van der Waals surface area contributed by atoms with Gasteiger partial charge in [-0.25, -0.2) is 4.79 Å². The van der Waals surface area contributed by atoms with Gasteiger partial charge in [0, 0.05) is 18.8 Å². The van der Waals surface area contributed by atoms with E-state index in [4.69, 9.17) is 14.2 Å². The number of ether oxygens (including phenoxy) is 3. The van der Waals surface area contributed by atoms with Gasteiger partial charge in [0.1, 0.15) is 6.61 Å². The van der Waals surface area contributed by atoms with Crippen LogP contribution in [0.3, 0.4) is 0 Å². The molecule has 0 bridgehead atoms. The number of carbonyl (C=O) groups is 1. The Morgan fingerprint density at radius 1 is 1.29 bits per heavy atom. The van der Waals surface area contributed by atoms with E-state index in [0.29, 0.717) is 18.8 Å². The van der Waals surface area contributed by atoms with Crippen molar-refractivity contribution in [1.82, 2.24) is 0 Å². The summed E-state index contributed by atoms with van der Waals surface area (Å²) in [5, 5.41) is 0. The first-order chi connectivity index (χ1) is 6.61. The largest absolute Gasteiger partial charge is 0.457 e. The third-order valence-electron chi connectivity index (χ3n) is 1.40. The van der Waals surface area contributed by atoms with E-state index in [2.05, 4.69) is 6.58 Å². The van der Waals surface area contributed by atoms with Crippen LogP contribution in [0, 0.1) is 0 Å². The summed E-state index contributed by atoms with van der Waals surface area (Å²) in [5.74, 6) is -0.422. The van der Waals surface area contributed by atoms with Crippen LogP contribution in [0.2, 0.25) is 0 Å². The lowest BCUT2D eigenvalue weighted by atomic mass is 10.4. The zero-order valence-corrected chi connectivity index (χ0v) is 9.04. The van der Waals surface area contributed by atoms with Gasteiger partial charge in [-0.2, -0.15) is 0 Å². The van der Waals surface area contributed by atoms with Gasteiger partial charge < -0.3 is 14.2 Å². The van der Waals surface area contributed by atoms with Crippen molar-refractivity contribution in [3.63, 3.8) is 0 Å². The molecular formula is C10H18O4. The summed E-state index contributed by atoms with van der Waals surface area (Å²) < 4.78 is 15.2. The predicted octanol–water partition coefficient (Wildman–Crippen LogP) is 1.50. The van der Waals surface area contributed by atoms with Crippen LogP contribution in [0.4, 0.5) is 0 Å². The second kappa shape index (κ2) is 7.53. The van der Waals surface area contributed by atoms with Crippen LogP contribution < -0.4 is 0 Å². The van der Waals surface area contributed by atoms with E-state index in [0.717, 1.165) is 0 Å². The van der Waals surface area contributed by atoms with Crippen molar-refractivity contribution >= 4 is 5.97 Å². The van der Waals surface area contributed by atoms with Gasteiger partial charge in [0.15, 0.2) is 6.29 Å². The summed E-state index contributed by atoms with van der Waals surface area (Å²) in [6, 6.07) is 0. The first-order valence-corrected chi connectivity index (χ1v) is 4.67. The van der Waals surface area contributed by atoms with Crippen molar-refractivity contribution in [1.29, 1.82) is 0 Å². The smallest absolute Gasteiger partial charge is 0.333 e. The highest BCUT2D eigenvalue weighted by molar-refractivity contribution is 5.86. The summed E-state index contributed by atoms with van der Waals surface area (Å²) in [5.41, 5.74) is 0.372. The maximum absolute atomic E-state index is 11.0. The first kappa shape index (κ1) is 13.1. The minimum absolute atomic E-state index is 0.105. The Bertz CT molecular complexity index is 183. The lowest BCUT2D eigenvalue weighted by Crippen LogP contribution is -2.25. The molecule has 0 saturated carbocycles. The average molecular weight is 202 g/mol. The molecule has 0 saturated heterocycles. The van der Waals surface area contributed by atoms with E-state index < -0.39 is 12.3 Å². The molecule has 0 aromatic rings. The molecule has 0 atom stereocenters. The molecule has 0 fully saturated rings. The predicted molar refractivity (Wildman–Crippen MR) is 52.8 cm³/mol. The fraction of sp³-hybridized carbons (Fsp3) is 0.700. The van der Waals surface area contributed by atoms with Crippen LogP contribution in [0.15, 0.2) is 12.2 Å². The van der Waals surface area contributed by atoms with E-state index in [1.54, 1.807) is 6.92 Å². The van der Waals surface area contributed by atoms with Crippen molar-refractivity contribution < 1.29 is 19.0 Å². The zero-order chi connectivity index (χ0) is 11.0. The monoisotopic (exact) mass is 202 g/mol. The summed E-state index contributed by atoms with van der Waals surface area (Å²) in [6.45, 7) is 9.92. The van der Waals surface area contributed by atoms with Crippen molar-refractivity contribution in [3.05, 3.63) is 12.2 Å². The number of hydrogen-bond acceptors (Lipinski definition) is 4. The van der Waals surface area contributed by atoms with Gasteiger partial charge in [0.25, 0.3) is 0 Å². The summed E-state index contributed by atoms with van der Waals surface area (Å²) >= 11 is 0. The number of esters is 1. The van der Waals surface area contributed by atoms with Crippen molar-refractivity contribution in [3.8, 4) is 0 Å². The van der Waals surface area contributed by atoms with E-state index in [-0.39, 0.29) is 6.61 Å². The van der Waals surface area contributed by atoms with Gasteiger partial charge in [-0.3, -0.25) is 0 Å². The molecule has 0 radical (unpaired) electrons. The van der Waals surface area contributed by atoms with Crippen molar-refractivity contribution in [2.45, 2.75) is 27.1 Å². The van der Waals surface area contributed by atoms with Crippen LogP contribution >= 0.6 is 0 Å². The molecule has 4 heteroatoms. The second-order valence-corrected chi connectivity index (χ2v) is 2.72. The zero-order valence-electron chi connectivity index (χ0n) is 9.04. The van der Waals surface area contributed by atoms with Gasteiger partial charge >= 0.3 is 5.97 Å². The minimum Gasteiger partial charge on any atom is -0.457 e. The molecule has 0 unspecified atom stereocenters. The van der Waals surface area contributed by atoms with Crippen LogP contribution in [0.5, 0.6) is 0 Å². The standard InChI is InChI=1S/C10H18O4/c1-5-12-9(13-6-2)7-14-10(11)8(3)4/h9H,3,5-7H2,1-2,4H3. The molecule has 0 aliphatic heterocycles. The summed E-state index contributed by atoms with van der Waals surface area (Å²) in [7, 11) is 0. The molecule has 0 amide bonds. The molecular weight excluding hydrogens is 184 g/mol. The van der Waals surface area contributed by atoms with Crippen LogP contribution in [-0.2, 0) is 19.0 Å². The number of hydrogen-bond donors (Lipinski definition) is 0. The average Bonchev–Trinajstić information content (AvgIpc) is 2.14. The molecule has 0 aromatic carbocycles. The number of rotatable bonds is 7. The molecule has 0 aromatic heterocycles. The molecule has 0 aliphatic rings. The van der Waals surface area contributed by atoms with E-state index in [1.807, 2.05) is 13.8 Å². The third-order valence-corrected chi connectivity index (χ3v) is 1.40. The third kappa shape index (κ3) is 5.72. The Labute approximate surface area is 84.8 Å². The fourth-order valence-electron chi connectivity index (χ4n) is 0.783.